The van der Waals surface area contributed by atoms with Gasteiger partial charge in [0.05, 0.1) is 0 Å². The zero-order valence-electron chi connectivity index (χ0n) is 11.8. The number of rotatable bonds is 6. The lowest BCUT2D eigenvalue weighted by Crippen LogP contribution is -1.95. The Balaban J connectivity index is 1.77. The Labute approximate surface area is 125 Å². The van der Waals surface area contributed by atoms with E-state index in [-0.39, 0.29) is 11.5 Å². The van der Waals surface area contributed by atoms with Gasteiger partial charge in [-0.05, 0) is 35.8 Å². The van der Waals surface area contributed by atoms with Crippen LogP contribution in [0.5, 0.6) is 5.75 Å². The fourth-order valence-electron chi connectivity index (χ4n) is 1.91. The maximum atomic E-state index is 11.7. The Morgan fingerprint density at radius 1 is 0.952 bits per heavy atom. The lowest BCUT2D eigenvalue weighted by molar-refractivity contribution is -0.114. The van der Waals surface area contributed by atoms with Gasteiger partial charge in [0.15, 0.2) is 5.78 Å². The highest BCUT2D eigenvalue weighted by molar-refractivity contribution is 5.90. The number of carbonyl (C=O) groups excluding carboxylic acids is 1. The minimum absolute atomic E-state index is 0.0980. The van der Waals surface area contributed by atoms with Gasteiger partial charge >= 0.3 is 0 Å². The van der Waals surface area contributed by atoms with Gasteiger partial charge in [-0.3, -0.25) is 4.79 Å². The highest BCUT2D eigenvalue weighted by Crippen LogP contribution is 2.11. The van der Waals surface area contributed by atoms with Crippen molar-refractivity contribution in [1.29, 1.82) is 0 Å². The molecule has 0 atom stereocenters. The van der Waals surface area contributed by atoms with Gasteiger partial charge in [-0.2, -0.15) is 0 Å². The first-order chi connectivity index (χ1) is 10.2. The second-order valence-corrected chi connectivity index (χ2v) is 4.76. The van der Waals surface area contributed by atoms with Crippen molar-refractivity contribution in [1.82, 2.24) is 0 Å². The van der Waals surface area contributed by atoms with E-state index in [1.54, 1.807) is 24.3 Å². The molecule has 1 N–H and O–H groups in total. The standard InChI is InChI=1S/C19H18O2/c20-18(13-10-17-11-14-19(21)15-12-17)9-5-4-8-16-6-2-1-3-7-16/h1-9,11-12,14-15,21H,10,13H2/b8-4+,9-5+. The van der Waals surface area contributed by atoms with E-state index in [4.69, 9.17) is 0 Å². The molecule has 0 heterocycles. The summed E-state index contributed by atoms with van der Waals surface area (Å²) in [5.41, 5.74) is 2.16. The number of benzene rings is 2. The predicted octanol–water partition coefficient (Wildman–Crippen LogP) is 4.16. The molecule has 0 aliphatic carbocycles. The molecular formula is C19H18O2. The fraction of sp³-hybridized carbons (Fsp3) is 0.105. The highest BCUT2D eigenvalue weighted by Gasteiger charge is 1.98. The second kappa shape index (κ2) is 7.85. The molecule has 0 unspecified atom stereocenters. The minimum Gasteiger partial charge on any atom is -0.508 e. The lowest BCUT2D eigenvalue weighted by Gasteiger charge is -1.99. The number of aromatic hydroxyl groups is 1. The molecule has 0 spiro atoms. The summed E-state index contributed by atoms with van der Waals surface area (Å²) < 4.78 is 0. The van der Waals surface area contributed by atoms with E-state index in [0.717, 1.165) is 11.1 Å². The maximum absolute atomic E-state index is 11.7. The van der Waals surface area contributed by atoms with Gasteiger partial charge in [-0.25, -0.2) is 0 Å². The van der Waals surface area contributed by atoms with E-state index in [0.29, 0.717) is 12.8 Å². The van der Waals surface area contributed by atoms with Gasteiger partial charge in [-0.15, -0.1) is 0 Å². The molecule has 0 bridgehead atoms. The van der Waals surface area contributed by atoms with Crippen LogP contribution < -0.4 is 0 Å². The molecule has 0 aliphatic heterocycles. The SMILES string of the molecule is O=C(/C=C/C=C/c1ccccc1)CCc1ccc(O)cc1. The number of allylic oxidation sites excluding steroid dienone is 3. The molecule has 0 saturated heterocycles. The zero-order valence-corrected chi connectivity index (χ0v) is 11.8. The predicted molar refractivity (Wildman–Crippen MR) is 86.1 cm³/mol. The Kier molecular flexibility index (Phi) is 5.53. The van der Waals surface area contributed by atoms with Crippen molar-refractivity contribution in [2.24, 2.45) is 0 Å². The average molecular weight is 278 g/mol. The number of phenols is 1. The van der Waals surface area contributed by atoms with Crippen LogP contribution in [-0.2, 0) is 11.2 Å². The van der Waals surface area contributed by atoms with Crippen LogP contribution in [0.25, 0.3) is 6.08 Å². The molecule has 2 aromatic carbocycles. The summed E-state index contributed by atoms with van der Waals surface area (Å²) in [6.07, 6.45) is 8.36. The van der Waals surface area contributed by atoms with Crippen molar-refractivity contribution >= 4 is 11.9 Å². The smallest absolute Gasteiger partial charge is 0.156 e. The number of carbonyl (C=O) groups is 1. The van der Waals surface area contributed by atoms with E-state index in [2.05, 4.69) is 0 Å². The molecule has 0 fully saturated rings. The average Bonchev–Trinajstić information content (AvgIpc) is 2.52. The van der Waals surface area contributed by atoms with Gasteiger partial charge in [0.25, 0.3) is 0 Å². The topological polar surface area (TPSA) is 37.3 Å². The normalized spacial score (nSPS) is 11.2. The van der Waals surface area contributed by atoms with Crippen LogP contribution in [0, 0.1) is 0 Å². The largest absolute Gasteiger partial charge is 0.508 e. The molecular weight excluding hydrogens is 260 g/mol. The summed E-state index contributed by atoms with van der Waals surface area (Å²) in [5, 5.41) is 9.19. The number of phenolic OH excluding ortho intramolecular Hbond substituents is 1. The quantitative estimate of drug-likeness (QED) is 0.636. The molecule has 106 valence electrons. The van der Waals surface area contributed by atoms with Crippen LogP contribution in [0.2, 0.25) is 0 Å². The maximum Gasteiger partial charge on any atom is 0.156 e. The molecule has 21 heavy (non-hydrogen) atoms. The third-order valence-electron chi connectivity index (χ3n) is 3.08. The first-order valence-electron chi connectivity index (χ1n) is 6.94. The Bertz CT molecular complexity index is 622. The van der Waals surface area contributed by atoms with Gasteiger partial charge in [0.1, 0.15) is 5.75 Å². The van der Waals surface area contributed by atoms with Crippen molar-refractivity contribution in [3.63, 3.8) is 0 Å². The van der Waals surface area contributed by atoms with Gasteiger partial charge < -0.3 is 5.11 Å². The van der Waals surface area contributed by atoms with Crippen LogP contribution in [0.3, 0.4) is 0 Å². The molecule has 0 amide bonds. The van der Waals surface area contributed by atoms with Crippen LogP contribution >= 0.6 is 0 Å². The molecule has 0 aliphatic rings. The minimum atomic E-state index is 0.0980. The molecule has 0 saturated carbocycles. The van der Waals surface area contributed by atoms with Crippen LogP contribution in [0.4, 0.5) is 0 Å². The molecule has 0 aromatic heterocycles. The van der Waals surface area contributed by atoms with Crippen LogP contribution in [0.1, 0.15) is 17.5 Å². The summed E-state index contributed by atoms with van der Waals surface area (Å²) in [6.45, 7) is 0. The fourth-order valence-corrected chi connectivity index (χ4v) is 1.91. The third-order valence-corrected chi connectivity index (χ3v) is 3.08. The monoisotopic (exact) mass is 278 g/mol. The van der Waals surface area contributed by atoms with Gasteiger partial charge in [0.2, 0.25) is 0 Å². The van der Waals surface area contributed by atoms with Crippen molar-refractivity contribution in [2.75, 3.05) is 0 Å². The van der Waals surface area contributed by atoms with Crippen molar-refractivity contribution in [2.45, 2.75) is 12.8 Å². The molecule has 2 aromatic rings. The van der Waals surface area contributed by atoms with E-state index >= 15 is 0 Å². The first kappa shape index (κ1) is 14.8. The first-order valence-corrected chi connectivity index (χ1v) is 6.94. The summed E-state index contributed by atoms with van der Waals surface area (Å²) >= 11 is 0. The van der Waals surface area contributed by atoms with Gasteiger partial charge in [0, 0.05) is 6.42 Å². The van der Waals surface area contributed by atoms with Crippen LogP contribution in [0.15, 0.2) is 72.8 Å². The summed E-state index contributed by atoms with van der Waals surface area (Å²) in [4.78, 5) is 11.7. The Hall–Kier alpha value is -2.61. The van der Waals surface area contributed by atoms with E-state index < -0.39 is 0 Å². The van der Waals surface area contributed by atoms with Gasteiger partial charge in [-0.1, -0.05) is 60.7 Å². The lowest BCUT2D eigenvalue weighted by atomic mass is 10.1. The van der Waals surface area contributed by atoms with Crippen molar-refractivity contribution in [3.05, 3.63) is 84.0 Å². The van der Waals surface area contributed by atoms with E-state index in [1.807, 2.05) is 54.6 Å². The number of hydrogen-bond donors (Lipinski definition) is 1. The summed E-state index contributed by atoms with van der Waals surface area (Å²) in [7, 11) is 0. The Morgan fingerprint density at radius 3 is 2.38 bits per heavy atom. The molecule has 2 rings (SSSR count). The molecule has 0 radical (unpaired) electrons. The number of ketones is 1. The highest BCUT2D eigenvalue weighted by atomic mass is 16.3. The van der Waals surface area contributed by atoms with Crippen molar-refractivity contribution in [3.8, 4) is 5.75 Å². The van der Waals surface area contributed by atoms with E-state index in [9.17, 15) is 9.90 Å². The molecule has 2 nitrogen and oxygen atoms in total. The zero-order chi connectivity index (χ0) is 14.9. The molecule has 2 heteroatoms. The van der Waals surface area contributed by atoms with Crippen molar-refractivity contribution < 1.29 is 9.90 Å². The van der Waals surface area contributed by atoms with E-state index in [1.165, 1.54) is 0 Å². The number of aryl methyl sites for hydroxylation is 1. The third kappa shape index (κ3) is 5.49. The number of hydrogen-bond acceptors (Lipinski definition) is 2. The van der Waals surface area contributed by atoms with Crippen LogP contribution in [-0.4, -0.2) is 10.9 Å². The Morgan fingerprint density at radius 2 is 1.67 bits per heavy atom. The summed E-state index contributed by atoms with van der Waals surface area (Å²) in [5.74, 6) is 0.344. The second-order valence-electron chi connectivity index (χ2n) is 4.76. The summed E-state index contributed by atoms with van der Waals surface area (Å²) in [6, 6.07) is 16.9.